The first-order valence-electron chi connectivity index (χ1n) is 13.2. The zero-order valence-electron chi connectivity index (χ0n) is 20.9. The molecule has 2 aliphatic carbocycles. The summed E-state index contributed by atoms with van der Waals surface area (Å²) in [7, 11) is 1.73. The minimum Gasteiger partial charge on any atom is -0.367 e. The van der Waals surface area contributed by atoms with Crippen molar-refractivity contribution in [2.75, 3.05) is 26.9 Å². The monoisotopic (exact) mass is 478 g/mol. The molecular formula is C29H36F2N4. The van der Waals surface area contributed by atoms with E-state index >= 15 is 0 Å². The van der Waals surface area contributed by atoms with E-state index in [2.05, 4.69) is 46.8 Å². The van der Waals surface area contributed by atoms with Crippen LogP contribution >= 0.6 is 0 Å². The van der Waals surface area contributed by atoms with Crippen molar-refractivity contribution in [2.24, 2.45) is 4.99 Å². The molecule has 35 heavy (non-hydrogen) atoms. The minimum absolute atomic E-state index is 0.386. The fraction of sp³-hybridized carbons (Fsp3) is 0.552. The number of hydrogen-bond acceptors (Lipinski definition) is 3. The first kappa shape index (κ1) is 23.9. The molecule has 1 aromatic carbocycles. The van der Waals surface area contributed by atoms with E-state index in [9.17, 15) is 8.78 Å². The maximum atomic E-state index is 13.3. The molecule has 0 bridgehead atoms. The molecule has 0 unspecified atom stereocenters. The third-order valence-corrected chi connectivity index (χ3v) is 7.71. The van der Waals surface area contributed by atoms with E-state index in [1.54, 1.807) is 11.9 Å². The maximum Gasteiger partial charge on any atom is 0.151 e. The Hall–Kier alpha value is -2.81. The summed E-state index contributed by atoms with van der Waals surface area (Å²) in [6.07, 6.45) is 11.1. The van der Waals surface area contributed by atoms with Crippen molar-refractivity contribution in [1.82, 2.24) is 14.8 Å². The van der Waals surface area contributed by atoms with Crippen molar-refractivity contribution in [3.8, 4) is 11.8 Å². The Morgan fingerprint density at radius 1 is 1.17 bits per heavy atom. The van der Waals surface area contributed by atoms with Crippen molar-refractivity contribution in [3.05, 3.63) is 46.9 Å². The number of nitrogens with one attached hydrogen (secondary N) is 1. The molecule has 0 saturated heterocycles. The Morgan fingerprint density at radius 3 is 2.57 bits per heavy atom. The van der Waals surface area contributed by atoms with Gasteiger partial charge in [-0.2, -0.15) is 0 Å². The quantitative estimate of drug-likeness (QED) is 0.457. The zero-order valence-corrected chi connectivity index (χ0v) is 20.9. The summed E-state index contributed by atoms with van der Waals surface area (Å²) in [4.78, 5) is 6.56. The third kappa shape index (κ3) is 4.70. The lowest BCUT2D eigenvalue weighted by Gasteiger charge is -2.30. The van der Waals surface area contributed by atoms with E-state index in [4.69, 9.17) is 4.99 Å². The summed E-state index contributed by atoms with van der Waals surface area (Å²) in [6, 6.07) is 6.60. The van der Waals surface area contributed by atoms with Gasteiger partial charge in [0.1, 0.15) is 19.0 Å². The molecule has 0 atom stereocenters. The second-order valence-corrected chi connectivity index (χ2v) is 10.2. The number of aliphatic imine (C=N–C) groups is 1. The van der Waals surface area contributed by atoms with E-state index < -0.39 is 19.4 Å². The lowest BCUT2D eigenvalue weighted by molar-refractivity contribution is 0.201. The Balaban J connectivity index is 1.60. The largest absolute Gasteiger partial charge is 0.367 e. The molecule has 186 valence electrons. The van der Waals surface area contributed by atoms with Crippen LogP contribution in [-0.4, -0.2) is 48.3 Å². The van der Waals surface area contributed by atoms with Gasteiger partial charge in [-0.3, -0.25) is 4.99 Å². The molecule has 2 aromatic rings. The fourth-order valence-electron chi connectivity index (χ4n) is 5.42. The number of benzene rings is 1. The van der Waals surface area contributed by atoms with Crippen LogP contribution in [0.3, 0.4) is 0 Å². The Kier molecular flexibility index (Phi) is 7.13. The molecule has 0 amide bonds. The maximum absolute atomic E-state index is 13.3. The van der Waals surface area contributed by atoms with Crippen LogP contribution in [0.4, 0.5) is 8.78 Å². The molecule has 1 N–H and O–H groups in total. The van der Waals surface area contributed by atoms with E-state index in [0.717, 1.165) is 48.5 Å². The van der Waals surface area contributed by atoms with Crippen LogP contribution < -0.4 is 5.32 Å². The van der Waals surface area contributed by atoms with Crippen molar-refractivity contribution >= 4 is 16.7 Å². The van der Waals surface area contributed by atoms with Gasteiger partial charge >= 0.3 is 0 Å². The molecule has 4 nitrogen and oxygen atoms in total. The normalized spacial score (nSPS) is 18.3. The van der Waals surface area contributed by atoms with Crippen LogP contribution in [0.2, 0.25) is 0 Å². The lowest BCUT2D eigenvalue weighted by Crippen LogP contribution is -2.39. The van der Waals surface area contributed by atoms with Crippen LogP contribution in [0, 0.1) is 11.8 Å². The van der Waals surface area contributed by atoms with E-state index in [1.807, 2.05) is 6.20 Å². The lowest BCUT2D eigenvalue weighted by atomic mass is 10.1. The molecule has 0 spiro atoms. The van der Waals surface area contributed by atoms with E-state index in [1.165, 1.54) is 42.1 Å². The highest BCUT2D eigenvalue weighted by molar-refractivity contribution is 6.07. The van der Waals surface area contributed by atoms with Gasteiger partial charge in [0, 0.05) is 31.1 Å². The molecule has 6 heteroatoms. The van der Waals surface area contributed by atoms with Gasteiger partial charge in [-0.05, 0) is 49.7 Å². The number of hydrogen-bond donors (Lipinski definition) is 1. The predicted octanol–water partition coefficient (Wildman–Crippen LogP) is 6.22. The number of aromatic nitrogens is 1. The second-order valence-electron chi connectivity index (χ2n) is 10.2. The van der Waals surface area contributed by atoms with Crippen molar-refractivity contribution in [2.45, 2.75) is 76.3 Å². The highest BCUT2D eigenvalue weighted by Crippen LogP contribution is 2.43. The average molecular weight is 479 g/mol. The summed E-state index contributed by atoms with van der Waals surface area (Å²) in [5.41, 5.74) is 5.59. The summed E-state index contributed by atoms with van der Waals surface area (Å²) in [6.45, 7) is 1.09. The highest BCUT2D eigenvalue weighted by atomic mass is 19.1. The number of unbranched alkanes of at least 4 members (excludes halogenated alkanes) is 1. The molecule has 5 rings (SSSR count). The number of rotatable bonds is 8. The van der Waals surface area contributed by atoms with E-state index in [-0.39, 0.29) is 0 Å². The number of likely N-dealkylation sites (N-methyl/N-ethyl adjacent to an activating group) is 1. The fourth-order valence-corrected chi connectivity index (χ4v) is 5.42. The smallest absolute Gasteiger partial charge is 0.151 e. The van der Waals surface area contributed by atoms with E-state index in [0.29, 0.717) is 18.5 Å². The molecule has 2 saturated carbocycles. The topological polar surface area (TPSA) is 32.6 Å². The van der Waals surface area contributed by atoms with Crippen molar-refractivity contribution in [3.63, 3.8) is 0 Å². The first-order chi connectivity index (χ1) is 17.2. The Labute approximate surface area is 207 Å². The minimum atomic E-state index is -0.777. The van der Waals surface area contributed by atoms with Crippen molar-refractivity contribution < 1.29 is 8.78 Å². The molecule has 1 aliphatic heterocycles. The molecule has 2 heterocycles. The van der Waals surface area contributed by atoms with Gasteiger partial charge < -0.3 is 14.8 Å². The number of nitrogens with zero attached hydrogens (tertiary/aromatic N) is 3. The standard InChI is InChI=1S/C29H36F2N4/c1-3-4-5-10-26-25-14-13-21(20-11-12-20)15-27(25)35(22-8-6-7-9-22)28(26)29-32-18-24(19-33-29)34(2)23(16-30)17-31/h13-15,18,20,22-23H,3-4,6-9,11-12,16-17,19H2,1-2H3,(H,32,33). The number of alkyl halides is 2. The number of fused-ring (bicyclic) bond motifs is 1. The van der Waals surface area contributed by atoms with Gasteiger partial charge in [-0.1, -0.05) is 43.7 Å². The average Bonchev–Trinajstić information content (AvgIpc) is 3.51. The molecule has 1 aromatic heterocycles. The Bertz CT molecular complexity index is 1180. The summed E-state index contributed by atoms with van der Waals surface area (Å²) in [5.74, 6) is 8.38. The van der Waals surface area contributed by atoms with Crippen LogP contribution in [0.25, 0.3) is 10.9 Å². The molecule has 3 aliphatic rings. The third-order valence-electron chi connectivity index (χ3n) is 7.71. The summed E-state index contributed by atoms with van der Waals surface area (Å²) >= 11 is 0. The summed E-state index contributed by atoms with van der Waals surface area (Å²) < 4.78 is 29.0. The van der Waals surface area contributed by atoms with Gasteiger partial charge in [0.15, 0.2) is 5.84 Å². The first-order valence-corrected chi connectivity index (χ1v) is 13.2. The van der Waals surface area contributed by atoms with Crippen LogP contribution in [0.15, 0.2) is 35.1 Å². The van der Waals surface area contributed by atoms with Crippen LogP contribution in [0.5, 0.6) is 0 Å². The summed E-state index contributed by atoms with van der Waals surface area (Å²) in [5, 5.41) is 4.59. The van der Waals surface area contributed by atoms with Crippen LogP contribution in [0.1, 0.15) is 87.1 Å². The van der Waals surface area contributed by atoms with Crippen LogP contribution in [-0.2, 0) is 0 Å². The second kappa shape index (κ2) is 10.4. The number of halogens is 2. The van der Waals surface area contributed by atoms with Crippen molar-refractivity contribution in [1.29, 1.82) is 0 Å². The number of amidine groups is 1. The molecule has 2 fully saturated rings. The SMILES string of the molecule is CCCC#Cc1c(C2=NCC(N(C)C(CF)CF)=CN2)n(C2CCCC2)c2cc(C3CC3)ccc12. The highest BCUT2D eigenvalue weighted by Gasteiger charge is 2.30. The van der Waals surface area contributed by atoms with Gasteiger partial charge in [0.25, 0.3) is 0 Å². The predicted molar refractivity (Wildman–Crippen MR) is 139 cm³/mol. The van der Waals surface area contributed by atoms with Gasteiger partial charge in [-0.25, -0.2) is 8.78 Å². The zero-order chi connectivity index (χ0) is 24.4. The van der Waals surface area contributed by atoms with Gasteiger partial charge in [0.05, 0.1) is 29.4 Å². The molecule has 0 radical (unpaired) electrons. The molecular weight excluding hydrogens is 442 g/mol. The van der Waals surface area contributed by atoms with Gasteiger partial charge in [-0.15, -0.1) is 0 Å². The van der Waals surface area contributed by atoms with Gasteiger partial charge in [0.2, 0.25) is 0 Å². The Morgan fingerprint density at radius 2 is 1.94 bits per heavy atom.